The Balaban J connectivity index is 1.43. The lowest BCUT2D eigenvalue weighted by Gasteiger charge is -2.32. The molecule has 156 valence electrons. The van der Waals surface area contributed by atoms with E-state index in [4.69, 9.17) is 0 Å². The molecule has 0 saturated carbocycles. The van der Waals surface area contributed by atoms with E-state index in [1.165, 1.54) is 0 Å². The van der Waals surface area contributed by atoms with Crippen LogP contribution in [0.2, 0.25) is 0 Å². The van der Waals surface area contributed by atoms with Crippen LogP contribution in [0.25, 0.3) is 33.5 Å². The first kappa shape index (κ1) is 19.5. The van der Waals surface area contributed by atoms with Crippen LogP contribution < -0.4 is 5.32 Å². The van der Waals surface area contributed by atoms with Gasteiger partial charge in [0.25, 0.3) is 5.91 Å². The maximum absolute atomic E-state index is 13.0. The Morgan fingerprint density at radius 3 is 2.81 bits per heavy atom. The molecule has 1 unspecified atom stereocenters. The number of amides is 1. The van der Waals surface area contributed by atoms with E-state index in [1.807, 2.05) is 48.5 Å². The normalized spacial score (nSPS) is 16.5. The van der Waals surface area contributed by atoms with Crippen molar-refractivity contribution in [3.8, 4) is 22.5 Å². The van der Waals surface area contributed by atoms with E-state index in [1.54, 1.807) is 6.07 Å². The number of carbonyl (C=O) groups excluding carboxylic acids is 1. The number of H-pyrrole nitrogens is 1. The van der Waals surface area contributed by atoms with Crippen LogP contribution in [0.4, 0.5) is 0 Å². The highest BCUT2D eigenvalue weighted by molar-refractivity contribution is 5.93. The van der Waals surface area contributed by atoms with Crippen LogP contribution in [0.5, 0.6) is 0 Å². The molecule has 4 aromatic rings. The lowest BCUT2D eigenvalue weighted by molar-refractivity contribution is 0.0692. The lowest BCUT2D eigenvalue weighted by atomic mass is 10.1. The molecule has 1 aliphatic rings. The van der Waals surface area contributed by atoms with Gasteiger partial charge in [0.2, 0.25) is 0 Å². The van der Waals surface area contributed by atoms with E-state index in [9.17, 15) is 4.79 Å². The van der Waals surface area contributed by atoms with Gasteiger partial charge in [-0.15, -0.1) is 0 Å². The molecule has 5 rings (SSSR count). The molecule has 0 radical (unpaired) electrons. The zero-order chi connectivity index (χ0) is 21.2. The van der Waals surface area contributed by atoms with Crippen LogP contribution in [-0.2, 0) is 0 Å². The Kier molecular flexibility index (Phi) is 5.22. The third-order valence-corrected chi connectivity index (χ3v) is 5.94. The number of likely N-dealkylation sites (N-methyl/N-ethyl adjacent to an activating group) is 1. The Hall–Kier alpha value is -3.51. The SMILES string of the molecule is CNC1CCCN(C(=O)c2cccc(-c3cnc4[nH]c(-c5ccccc5)cc4c3)n2)C1. The van der Waals surface area contributed by atoms with Gasteiger partial charge in [0.15, 0.2) is 0 Å². The minimum atomic E-state index is -0.0103. The van der Waals surface area contributed by atoms with Crippen molar-refractivity contribution in [1.82, 2.24) is 25.2 Å². The number of carbonyl (C=O) groups is 1. The van der Waals surface area contributed by atoms with Crippen molar-refractivity contribution in [2.45, 2.75) is 18.9 Å². The summed E-state index contributed by atoms with van der Waals surface area (Å²) < 4.78 is 0. The van der Waals surface area contributed by atoms with E-state index in [0.29, 0.717) is 11.7 Å². The number of aromatic nitrogens is 3. The highest BCUT2D eigenvalue weighted by Crippen LogP contribution is 2.26. The van der Waals surface area contributed by atoms with Gasteiger partial charge in [-0.2, -0.15) is 0 Å². The van der Waals surface area contributed by atoms with Crippen LogP contribution in [0.1, 0.15) is 23.3 Å². The number of nitrogens with one attached hydrogen (secondary N) is 2. The molecule has 0 bridgehead atoms. The van der Waals surface area contributed by atoms with Crippen LogP contribution in [0.15, 0.2) is 66.9 Å². The van der Waals surface area contributed by atoms with Crippen LogP contribution in [0.3, 0.4) is 0 Å². The number of benzene rings is 1. The monoisotopic (exact) mass is 411 g/mol. The maximum atomic E-state index is 13.0. The van der Waals surface area contributed by atoms with Gasteiger partial charge >= 0.3 is 0 Å². The third-order valence-electron chi connectivity index (χ3n) is 5.94. The van der Waals surface area contributed by atoms with Crippen molar-refractivity contribution in [1.29, 1.82) is 0 Å². The molecule has 1 aromatic carbocycles. The standard InChI is InChI=1S/C25H25N5O/c1-26-20-9-6-12-30(16-20)25(31)22-11-5-10-21(28-22)19-13-18-14-23(29-24(18)27-15-19)17-7-3-2-4-8-17/h2-5,7-8,10-11,13-15,20,26H,6,9,12,16H2,1H3,(H,27,29). The molecule has 31 heavy (non-hydrogen) atoms. The Morgan fingerprint density at radius 2 is 1.97 bits per heavy atom. The zero-order valence-corrected chi connectivity index (χ0v) is 17.5. The van der Waals surface area contributed by atoms with Gasteiger partial charge < -0.3 is 15.2 Å². The van der Waals surface area contributed by atoms with E-state index in [2.05, 4.69) is 44.5 Å². The van der Waals surface area contributed by atoms with E-state index >= 15 is 0 Å². The summed E-state index contributed by atoms with van der Waals surface area (Å²) in [4.78, 5) is 27.6. The lowest BCUT2D eigenvalue weighted by Crippen LogP contribution is -2.47. The van der Waals surface area contributed by atoms with Crippen molar-refractivity contribution in [3.05, 3.63) is 72.6 Å². The fourth-order valence-electron chi connectivity index (χ4n) is 4.20. The largest absolute Gasteiger partial charge is 0.339 e. The molecule has 6 heteroatoms. The fourth-order valence-corrected chi connectivity index (χ4v) is 4.20. The van der Waals surface area contributed by atoms with Crippen LogP contribution >= 0.6 is 0 Å². The van der Waals surface area contributed by atoms with Crippen molar-refractivity contribution >= 4 is 16.9 Å². The smallest absolute Gasteiger partial charge is 0.272 e. The number of hydrogen-bond donors (Lipinski definition) is 2. The van der Waals surface area contributed by atoms with Crippen LogP contribution in [0, 0.1) is 0 Å². The molecular weight excluding hydrogens is 386 g/mol. The molecule has 6 nitrogen and oxygen atoms in total. The van der Waals surface area contributed by atoms with Crippen LogP contribution in [-0.4, -0.2) is 51.9 Å². The van der Waals surface area contributed by atoms with Crippen molar-refractivity contribution in [3.63, 3.8) is 0 Å². The van der Waals surface area contributed by atoms with Crippen molar-refractivity contribution in [2.24, 2.45) is 0 Å². The number of piperidine rings is 1. The summed E-state index contributed by atoms with van der Waals surface area (Å²) in [7, 11) is 1.95. The fraction of sp³-hybridized carbons (Fsp3) is 0.240. The summed E-state index contributed by atoms with van der Waals surface area (Å²) in [6, 6.07) is 20.3. The molecule has 2 N–H and O–H groups in total. The molecule has 0 aliphatic carbocycles. The molecule has 1 aliphatic heterocycles. The van der Waals surface area contributed by atoms with E-state index in [-0.39, 0.29) is 5.91 Å². The summed E-state index contributed by atoms with van der Waals surface area (Å²) in [6.45, 7) is 1.50. The van der Waals surface area contributed by atoms with Gasteiger partial charge in [-0.25, -0.2) is 9.97 Å². The summed E-state index contributed by atoms with van der Waals surface area (Å²) in [6.07, 6.45) is 3.91. The van der Waals surface area contributed by atoms with Crippen molar-refractivity contribution < 1.29 is 4.79 Å². The number of aromatic amines is 1. The van der Waals surface area contributed by atoms with Gasteiger partial charge in [-0.3, -0.25) is 4.79 Å². The highest BCUT2D eigenvalue weighted by atomic mass is 16.2. The third kappa shape index (κ3) is 3.94. The first-order valence-electron chi connectivity index (χ1n) is 10.7. The quantitative estimate of drug-likeness (QED) is 0.530. The number of nitrogens with zero attached hydrogens (tertiary/aromatic N) is 3. The molecule has 4 heterocycles. The number of pyridine rings is 2. The molecule has 1 saturated heterocycles. The predicted molar refractivity (Wildman–Crippen MR) is 123 cm³/mol. The van der Waals surface area contributed by atoms with Gasteiger partial charge in [-0.1, -0.05) is 36.4 Å². The average Bonchev–Trinajstić information content (AvgIpc) is 3.28. The average molecular weight is 412 g/mol. The summed E-state index contributed by atoms with van der Waals surface area (Å²) >= 11 is 0. The maximum Gasteiger partial charge on any atom is 0.272 e. The second kappa shape index (κ2) is 8.32. The second-order valence-corrected chi connectivity index (χ2v) is 8.00. The summed E-state index contributed by atoms with van der Waals surface area (Å²) in [5.41, 5.74) is 5.11. The molecule has 1 atom stereocenters. The number of fused-ring (bicyclic) bond motifs is 1. The number of rotatable bonds is 4. The minimum Gasteiger partial charge on any atom is -0.339 e. The van der Waals surface area contributed by atoms with Gasteiger partial charge in [-0.05, 0) is 49.7 Å². The molecule has 0 spiro atoms. The minimum absolute atomic E-state index is 0.0103. The molecule has 1 fully saturated rings. The highest BCUT2D eigenvalue weighted by Gasteiger charge is 2.24. The predicted octanol–water partition coefficient (Wildman–Crippen LogP) is 4.12. The molecule has 1 amide bonds. The van der Waals surface area contributed by atoms with Gasteiger partial charge in [0, 0.05) is 42.0 Å². The van der Waals surface area contributed by atoms with Gasteiger partial charge in [0.05, 0.1) is 5.69 Å². The Bertz CT molecular complexity index is 1220. The second-order valence-electron chi connectivity index (χ2n) is 8.00. The van der Waals surface area contributed by atoms with Crippen molar-refractivity contribution in [2.75, 3.05) is 20.1 Å². The van der Waals surface area contributed by atoms with E-state index in [0.717, 1.165) is 59.5 Å². The number of likely N-dealkylation sites (tertiary alicyclic amines) is 1. The summed E-state index contributed by atoms with van der Waals surface area (Å²) in [5.74, 6) is -0.0103. The first-order chi connectivity index (χ1) is 15.2. The Labute approximate surface area is 181 Å². The summed E-state index contributed by atoms with van der Waals surface area (Å²) in [5, 5.41) is 4.30. The Morgan fingerprint density at radius 1 is 1.10 bits per heavy atom. The van der Waals surface area contributed by atoms with E-state index < -0.39 is 0 Å². The topological polar surface area (TPSA) is 73.9 Å². The zero-order valence-electron chi connectivity index (χ0n) is 17.5. The molecular formula is C25H25N5O. The molecule has 3 aromatic heterocycles. The van der Waals surface area contributed by atoms with Gasteiger partial charge in [0.1, 0.15) is 11.3 Å². The first-order valence-corrected chi connectivity index (χ1v) is 10.7. The number of hydrogen-bond acceptors (Lipinski definition) is 4.